The van der Waals surface area contributed by atoms with E-state index in [0.717, 1.165) is 0 Å². The van der Waals surface area contributed by atoms with Crippen LogP contribution in [-0.2, 0) is 0 Å². The largest absolute Gasteiger partial charge is 0.273 e. The summed E-state index contributed by atoms with van der Waals surface area (Å²) in [6.45, 7) is 5.55. The zero-order chi connectivity index (χ0) is 17.9. The van der Waals surface area contributed by atoms with Gasteiger partial charge in [-0.25, -0.2) is 5.01 Å². The van der Waals surface area contributed by atoms with Crippen LogP contribution in [0.2, 0.25) is 5.02 Å². The predicted octanol–water partition coefficient (Wildman–Crippen LogP) is 4.69. The summed E-state index contributed by atoms with van der Waals surface area (Å²) in [5, 5.41) is 1.88. The van der Waals surface area contributed by atoms with Gasteiger partial charge in [0.25, 0.3) is 11.8 Å². The zero-order valence-electron chi connectivity index (χ0n) is 13.6. The number of amides is 2. The number of hydrogen-bond acceptors (Lipinski definition) is 2. The number of carbonyl (C=O) groups is 2. The molecule has 24 heavy (non-hydrogen) atoms. The van der Waals surface area contributed by atoms with E-state index < -0.39 is 5.54 Å². The van der Waals surface area contributed by atoms with E-state index in [-0.39, 0.29) is 11.8 Å². The van der Waals surface area contributed by atoms with Gasteiger partial charge in [-0.3, -0.25) is 15.0 Å². The van der Waals surface area contributed by atoms with Crippen LogP contribution in [0.25, 0.3) is 0 Å². The van der Waals surface area contributed by atoms with Crippen LogP contribution < -0.4 is 5.43 Å². The van der Waals surface area contributed by atoms with E-state index in [1.54, 1.807) is 42.5 Å². The third kappa shape index (κ3) is 4.36. The average molecular weight is 410 g/mol. The zero-order valence-corrected chi connectivity index (χ0v) is 16.0. The molecule has 0 heterocycles. The summed E-state index contributed by atoms with van der Waals surface area (Å²) in [5.41, 5.74) is 3.00. The van der Waals surface area contributed by atoms with Crippen molar-refractivity contribution < 1.29 is 9.59 Å². The molecule has 0 aromatic heterocycles. The van der Waals surface area contributed by atoms with E-state index in [1.165, 1.54) is 5.01 Å². The Morgan fingerprint density at radius 3 is 2.17 bits per heavy atom. The highest BCUT2D eigenvalue weighted by Gasteiger charge is 2.30. The molecule has 4 nitrogen and oxygen atoms in total. The van der Waals surface area contributed by atoms with Gasteiger partial charge in [-0.05, 0) is 73.1 Å². The van der Waals surface area contributed by atoms with Gasteiger partial charge in [-0.15, -0.1) is 0 Å². The van der Waals surface area contributed by atoms with E-state index in [4.69, 9.17) is 11.6 Å². The van der Waals surface area contributed by atoms with Crippen LogP contribution in [0.4, 0.5) is 0 Å². The number of rotatable bonds is 2. The molecule has 2 amide bonds. The van der Waals surface area contributed by atoms with Gasteiger partial charge < -0.3 is 0 Å². The molecule has 0 aliphatic heterocycles. The second-order valence-corrected chi connectivity index (χ2v) is 7.53. The Morgan fingerprint density at radius 1 is 1.04 bits per heavy atom. The van der Waals surface area contributed by atoms with Crippen molar-refractivity contribution in [1.82, 2.24) is 10.4 Å². The normalized spacial score (nSPS) is 11.0. The molecule has 1 N–H and O–H groups in total. The lowest BCUT2D eigenvalue weighted by Gasteiger charge is -2.35. The summed E-state index contributed by atoms with van der Waals surface area (Å²) < 4.78 is 0.671. The lowest BCUT2D eigenvalue weighted by Crippen LogP contribution is -2.55. The number of nitrogens with one attached hydrogen (secondary N) is 1. The molecule has 0 aliphatic rings. The van der Waals surface area contributed by atoms with Crippen molar-refractivity contribution in [2.45, 2.75) is 26.3 Å². The standard InChI is InChI=1S/C18H18BrClN2O2/c1-18(2,3)22(17(24)14-6-4-5-7-15(14)19)21-16(23)12-8-10-13(20)11-9-12/h4-11H,1-3H3,(H,21,23). The minimum atomic E-state index is -0.603. The summed E-state index contributed by atoms with van der Waals surface area (Å²) >= 11 is 9.22. The van der Waals surface area contributed by atoms with Gasteiger partial charge in [0.1, 0.15) is 0 Å². The van der Waals surface area contributed by atoms with E-state index in [9.17, 15) is 9.59 Å². The van der Waals surface area contributed by atoms with Gasteiger partial charge in [0, 0.05) is 15.1 Å². The Hall–Kier alpha value is -1.85. The van der Waals surface area contributed by atoms with Crippen LogP contribution in [-0.4, -0.2) is 22.4 Å². The fraction of sp³-hybridized carbons (Fsp3) is 0.222. The second-order valence-electron chi connectivity index (χ2n) is 6.24. The highest BCUT2D eigenvalue weighted by atomic mass is 79.9. The van der Waals surface area contributed by atoms with Gasteiger partial charge >= 0.3 is 0 Å². The first-order valence-electron chi connectivity index (χ1n) is 7.36. The lowest BCUT2D eigenvalue weighted by atomic mass is 10.1. The third-order valence-corrected chi connectivity index (χ3v) is 4.24. The Kier molecular flexibility index (Phi) is 5.67. The van der Waals surface area contributed by atoms with Crippen LogP contribution >= 0.6 is 27.5 Å². The molecular formula is C18H18BrClN2O2. The molecule has 126 valence electrons. The maximum atomic E-state index is 12.9. The SMILES string of the molecule is CC(C)(C)N(NC(=O)c1ccc(Cl)cc1)C(=O)c1ccccc1Br. The first kappa shape index (κ1) is 18.5. The molecule has 0 spiro atoms. The van der Waals surface area contributed by atoms with E-state index >= 15 is 0 Å². The maximum Gasteiger partial charge on any atom is 0.273 e. The van der Waals surface area contributed by atoms with Gasteiger partial charge in [-0.2, -0.15) is 0 Å². The average Bonchev–Trinajstić information content (AvgIpc) is 2.52. The molecule has 0 bridgehead atoms. The van der Waals surface area contributed by atoms with Crippen molar-refractivity contribution in [2.75, 3.05) is 0 Å². The van der Waals surface area contributed by atoms with Gasteiger partial charge in [0.15, 0.2) is 0 Å². The predicted molar refractivity (Wildman–Crippen MR) is 99.0 cm³/mol. The quantitative estimate of drug-likeness (QED) is 0.732. The smallest absolute Gasteiger partial charge is 0.267 e. The number of benzene rings is 2. The summed E-state index contributed by atoms with van der Waals surface area (Å²) in [5.74, 6) is -0.667. The Bertz CT molecular complexity index is 754. The Morgan fingerprint density at radius 2 is 1.62 bits per heavy atom. The third-order valence-electron chi connectivity index (χ3n) is 3.30. The van der Waals surface area contributed by atoms with Crippen LogP contribution in [0.15, 0.2) is 53.0 Å². The molecule has 0 aliphatic carbocycles. The minimum Gasteiger partial charge on any atom is -0.267 e. The van der Waals surface area contributed by atoms with Crippen LogP contribution in [0.3, 0.4) is 0 Å². The number of hydrazine groups is 1. The highest BCUT2D eigenvalue weighted by molar-refractivity contribution is 9.10. The van der Waals surface area contributed by atoms with Crippen molar-refractivity contribution in [1.29, 1.82) is 0 Å². The number of carbonyl (C=O) groups excluding carboxylic acids is 2. The topological polar surface area (TPSA) is 49.4 Å². The number of halogens is 2. The molecule has 0 unspecified atom stereocenters. The summed E-state index contributed by atoms with van der Waals surface area (Å²) in [4.78, 5) is 25.4. The van der Waals surface area contributed by atoms with Crippen molar-refractivity contribution in [2.24, 2.45) is 0 Å². The van der Waals surface area contributed by atoms with Gasteiger partial charge in [-0.1, -0.05) is 23.7 Å². The molecule has 6 heteroatoms. The highest BCUT2D eigenvalue weighted by Crippen LogP contribution is 2.21. The molecule has 0 radical (unpaired) electrons. The molecule has 2 rings (SSSR count). The molecular weight excluding hydrogens is 392 g/mol. The molecule has 2 aromatic carbocycles. The molecule has 0 atom stereocenters. The summed E-state index contributed by atoms with van der Waals surface area (Å²) in [7, 11) is 0. The first-order chi connectivity index (χ1) is 11.2. The first-order valence-corrected chi connectivity index (χ1v) is 8.53. The fourth-order valence-electron chi connectivity index (χ4n) is 2.05. The lowest BCUT2D eigenvalue weighted by molar-refractivity contribution is 0.0358. The number of nitrogens with zero attached hydrogens (tertiary/aromatic N) is 1. The summed E-state index contributed by atoms with van der Waals surface area (Å²) in [6.07, 6.45) is 0. The van der Waals surface area contributed by atoms with Gasteiger partial charge in [0.2, 0.25) is 0 Å². The monoisotopic (exact) mass is 408 g/mol. The van der Waals surface area contributed by atoms with E-state index in [1.807, 2.05) is 26.8 Å². The second kappa shape index (κ2) is 7.36. The Balaban J connectivity index is 2.30. The van der Waals surface area contributed by atoms with Crippen molar-refractivity contribution >= 4 is 39.3 Å². The van der Waals surface area contributed by atoms with Crippen molar-refractivity contribution in [3.05, 3.63) is 69.2 Å². The molecule has 0 fully saturated rings. The Labute approximate surface area is 154 Å². The van der Waals surface area contributed by atoms with Gasteiger partial charge in [0.05, 0.1) is 11.1 Å². The molecule has 0 saturated carbocycles. The van der Waals surface area contributed by atoms with E-state index in [0.29, 0.717) is 20.6 Å². The van der Waals surface area contributed by atoms with Crippen molar-refractivity contribution in [3.63, 3.8) is 0 Å². The fourth-order valence-corrected chi connectivity index (χ4v) is 2.63. The summed E-state index contributed by atoms with van der Waals surface area (Å²) in [6, 6.07) is 13.6. The van der Waals surface area contributed by atoms with Crippen LogP contribution in [0.5, 0.6) is 0 Å². The molecule has 2 aromatic rings. The minimum absolute atomic E-state index is 0.294. The van der Waals surface area contributed by atoms with Crippen molar-refractivity contribution in [3.8, 4) is 0 Å². The molecule has 0 saturated heterocycles. The maximum absolute atomic E-state index is 12.9. The van der Waals surface area contributed by atoms with E-state index in [2.05, 4.69) is 21.4 Å². The van der Waals surface area contributed by atoms with Crippen LogP contribution in [0.1, 0.15) is 41.5 Å². The van der Waals surface area contributed by atoms with Crippen LogP contribution in [0, 0.1) is 0 Å². The number of hydrogen-bond donors (Lipinski definition) is 1.